The number of hydrogen-bond acceptors (Lipinski definition) is 7. The minimum Gasteiger partial charge on any atom is -0.460 e. The molecule has 1 aliphatic heterocycles. The van der Waals surface area contributed by atoms with Gasteiger partial charge in [0.2, 0.25) is 17.6 Å². The van der Waals surface area contributed by atoms with Crippen molar-refractivity contribution in [3.63, 3.8) is 0 Å². The molecule has 0 aromatic carbocycles. The Balaban J connectivity index is 1.83. The van der Waals surface area contributed by atoms with E-state index < -0.39 is 90.0 Å². The fraction of sp³-hybridized carbons (Fsp3) is 0.784. The maximum absolute atomic E-state index is 14.4. The Morgan fingerprint density at radius 3 is 1.98 bits per heavy atom. The molecule has 12 nitrogen and oxygen atoms in total. The maximum atomic E-state index is 14.4. The highest BCUT2D eigenvalue weighted by Crippen LogP contribution is 2.46. The summed E-state index contributed by atoms with van der Waals surface area (Å²) in [6.45, 7) is 16.0. The van der Waals surface area contributed by atoms with Crippen molar-refractivity contribution in [2.75, 3.05) is 13.1 Å². The van der Waals surface area contributed by atoms with Crippen molar-refractivity contribution in [2.45, 2.75) is 136 Å². The molecular weight excluding hydrogens is 683 g/mol. The van der Waals surface area contributed by atoms with E-state index in [4.69, 9.17) is 4.74 Å². The molecule has 5 amide bonds. The summed E-state index contributed by atoms with van der Waals surface area (Å²) in [4.78, 5) is 81.9. The largest absolute Gasteiger partial charge is 0.460 e. The predicted molar refractivity (Wildman–Crippen MR) is 187 cm³/mol. The molecule has 1 heterocycles. The molecule has 0 aromatic heterocycles. The number of ether oxygens (including phenoxy) is 1. The zero-order valence-corrected chi connectivity index (χ0v) is 31.6. The molecule has 0 bridgehead atoms. The summed E-state index contributed by atoms with van der Waals surface area (Å²) in [6, 6.07) is -5.94. The first kappa shape index (κ1) is 42.8. The summed E-state index contributed by atoms with van der Waals surface area (Å²) >= 11 is 0. The quantitative estimate of drug-likeness (QED) is 0.0919. The van der Waals surface area contributed by atoms with Gasteiger partial charge in [-0.05, 0) is 80.0 Å². The van der Waals surface area contributed by atoms with Crippen LogP contribution in [-0.2, 0) is 28.7 Å². The van der Waals surface area contributed by atoms with Crippen molar-refractivity contribution < 1.29 is 46.7 Å². The van der Waals surface area contributed by atoms with Crippen molar-refractivity contribution in [3.8, 4) is 0 Å². The number of rotatable bonds is 18. The van der Waals surface area contributed by atoms with E-state index in [2.05, 4.69) is 27.8 Å². The first-order chi connectivity index (χ1) is 24.1. The van der Waals surface area contributed by atoms with E-state index in [1.165, 1.54) is 11.0 Å². The van der Waals surface area contributed by atoms with Crippen LogP contribution in [0.5, 0.6) is 0 Å². The van der Waals surface area contributed by atoms with Crippen LogP contribution in [0.4, 0.5) is 18.0 Å². The molecule has 1 unspecified atom stereocenters. The number of nitrogens with one attached hydrogen (secondary N) is 4. The lowest BCUT2D eigenvalue weighted by molar-refractivity contribution is -0.155. The third-order valence-electron chi connectivity index (χ3n) is 9.85. The summed E-state index contributed by atoms with van der Waals surface area (Å²) in [5.41, 5.74) is -0.892. The van der Waals surface area contributed by atoms with Gasteiger partial charge in [-0.2, -0.15) is 13.2 Å². The number of urea groups is 1. The molecule has 4 N–H and O–H groups in total. The first-order valence-corrected chi connectivity index (χ1v) is 18.5. The molecule has 0 spiro atoms. The zero-order chi connectivity index (χ0) is 39.1. The van der Waals surface area contributed by atoms with Crippen LogP contribution in [0.3, 0.4) is 0 Å². The number of alkyl halides is 3. The Morgan fingerprint density at radius 1 is 0.904 bits per heavy atom. The van der Waals surface area contributed by atoms with Gasteiger partial charge in [-0.3, -0.25) is 19.2 Å². The van der Waals surface area contributed by atoms with Crippen molar-refractivity contribution in [3.05, 3.63) is 12.7 Å². The lowest BCUT2D eigenvalue weighted by Gasteiger charge is -2.37. The molecule has 3 rings (SSSR count). The van der Waals surface area contributed by atoms with E-state index in [0.29, 0.717) is 24.7 Å². The van der Waals surface area contributed by atoms with Gasteiger partial charge >= 0.3 is 18.2 Å². The van der Waals surface area contributed by atoms with Crippen LogP contribution in [0, 0.1) is 35.0 Å². The van der Waals surface area contributed by atoms with Crippen LogP contribution in [0.2, 0.25) is 0 Å². The van der Waals surface area contributed by atoms with E-state index in [1.54, 1.807) is 34.6 Å². The topological polar surface area (TPSA) is 163 Å². The van der Waals surface area contributed by atoms with Crippen LogP contribution < -0.4 is 21.3 Å². The summed E-state index contributed by atoms with van der Waals surface area (Å²) in [6.07, 6.45) is -0.942. The van der Waals surface area contributed by atoms with E-state index in [1.807, 2.05) is 13.8 Å². The molecule has 3 fully saturated rings. The molecule has 5 atom stereocenters. The van der Waals surface area contributed by atoms with E-state index in [0.717, 1.165) is 25.7 Å². The van der Waals surface area contributed by atoms with Crippen LogP contribution in [0.1, 0.15) is 99.8 Å². The number of carbonyl (C=O) groups is 6. The van der Waals surface area contributed by atoms with Gasteiger partial charge in [0.1, 0.15) is 24.2 Å². The normalized spacial score (nSPS) is 21.0. The van der Waals surface area contributed by atoms with Gasteiger partial charge in [-0.15, -0.1) is 6.58 Å². The average Bonchev–Trinajstić information content (AvgIpc) is 3.98. The van der Waals surface area contributed by atoms with Crippen LogP contribution >= 0.6 is 0 Å². The third kappa shape index (κ3) is 12.5. The smallest absolute Gasteiger partial charge is 0.389 e. The van der Waals surface area contributed by atoms with Crippen LogP contribution in [0.25, 0.3) is 0 Å². The molecule has 52 heavy (non-hydrogen) atoms. The molecule has 0 aromatic rings. The van der Waals surface area contributed by atoms with Gasteiger partial charge in [0, 0.05) is 19.5 Å². The number of ketones is 1. The predicted octanol–water partition coefficient (Wildman–Crippen LogP) is 4.42. The molecule has 15 heteroatoms. The van der Waals surface area contributed by atoms with Crippen molar-refractivity contribution in [1.82, 2.24) is 26.2 Å². The SMILES string of the molecule is C=CCNC(=O)C(=O)C(CCC(F)(F)F)NC(=O)[C@@H]1[C@@H](CC(C)C)CCN1C(=O)[C@@H](NC(=O)N[C@H](C(=O)OC(C1CC1)C1CC1)C(C)C)C(C)(C)C. The van der Waals surface area contributed by atoms with Crippen molar-refractivity contribution in [1.29, 1.82) is 0 Å². The Kier molecular flexibility index (Phi) is 14.7. The fourth-order valence-corrected chi connectivity index (χ4v) is 6.82. The Bertz CT molecular complexity index is 1310. The number of esters is 1. The van der Waals surface area contributed by atoms with Gasteiger partial charge in [0.15, 0.2) is 0 Å². The summed E-state index contributed by atoms with van der Waals surface area (Å²) in [5.74, 6) is -4.40. The Labute approximate surface area is 305 Å². The van der Waals surface area contributed by atoms with Crippen LogP contribution in [0.15, 0.2) is 12.7 Å². The molecule has 1 saturated heterocycles. The number of carbonyl (C=O) groups excluding carboxylic acids is 6. The molecule has 3 aliphatic rings. The average molecular weight is 742 g/mol. The summed E-state index contributed by atoms with van der Waals surface area (Å²) in [7, 11) is 0. The van der Waals surface area contributed by atoms with E-state index in [-0.39, 0.29) is 31.0 Å². The van der Waals surface area contributed by atoms with Gasteiger partial charge in [0.05, 0.1) is 6.04 Å². The standard InChI is InChI=1S/C37H58F3N5O7/c1-9-17-41-32(48)28(46)25(14-16-37(38,39)40)42-31(47)27-24(19-20(2)3)15-18-45(27)33(49)30(36(6,7)8)44-35(51)43-26(21(4)5)34(50)52-29(22-10-11-22)23-12-13-23/h9,20-27,29-30H,1,10-19H2,2-8H3,(H,41,48)(H,42,47)(H2,43,44,51)/t24-,25?,26+,27+,30-/m1/s1. The summed E-state index contributed by atoms with van der Waals surface area (Å²) < 4.78 is 45.6. The number of hydrogen-bond donors (Lipinski definition) is 4. The first-order valence-electron chi connectivity index (χ1n) is 18.5. The van der Waals surface area contributed by atoms with E-state index >= 15 is 0 Å². The lowest BCUT2D eigenvalue weighted by atomic mass is 9.85. The third-order valence-corrected chi connectivity index (χ3v) is 9.85. The Hall–Kier alpha value is -3.65. The highest BCUT2D eigenvalue weighted by atomic mass is 19.4. The number of amides is 5. The Morgan fingerprint density at radius 2 is 1.50 bits per heavy atom. The number of likely N-dealkylation sites (tertiary alicyclic amines) is 1. The maximum Gasteiger partial charge on any atom is 0.389 e. The molecule has 294 valence electrons. The number of Topliss-reactive ketones (excluding diaryl/α,β-unsaturated/α-hetero) is 1. The fourth-order valence-electron chi connectivity index (χ4n) is 6.82. The van der Waals surface area contributed by atoms with Crippen LogP contribution in [-0.4, -0.2) is 89.9 Å². The van der Waals surface area contributed by atoms with E-state index in [9.17, 15) is 41.9 Å². The van der Waals surface area contributed by atoms with Gasteiger partial charge < -0.3 is 30.9 Å². The monoisotopic (exact) mass is 741 g/mol. The second-order valence-corrected chi connectivity index (χ2v) is 16.4. The summed E-state index contributed by atoms with van der Waals surface area (Å²) in [5, 5.41) is 10.0. The molecule has 2 saturated carbocycles. The molecular formula is C37H58F3N5O7. The highest BCUT2D eigenvalue weighted by Gasteiger charge is 2.48. The van der Waals surface area contributed by atoms with Gasteiger partial charge in [-0.25, -0.2) is 9.59 Å². The highest BCUT2D eigenvalue weighted by molar-refractivity contribution is 6.38. The van der Waals surface area contributed by atoms with Crippen molar-refractivity contribution in [2.24, 2.45) is 35.0 Å². The van der Waals surface area contributed by atoms with Gasteiger partial charge in [-0.1, -0.05) is 54.5 Å². The second-order valence-electron chi connectivity index (χ2n) is 16.4. The van der Waals surface area contributed by atoms with Crippen molar-refractivity contribution >= 4 is 35.5 Å². The molecule has 0 radical (unpaired) electrons. The minimum atomic E-state index is -4.66. The number of nitrogens with zero attached hydrogens (tertiary/aromatic N) is 1. The van der Waals surface area contributed by atoms with Gasteiger partial charge in [0.25, 0.3) is 5.91 Å². The zero-order valence-electron chi connectivity index (χ0n) is 31.6. The lowest BCUT2D eigenvalue weighted by Crippen LogP contribution is -2.62. The minimum absolute atomic E-state index is 0.0807. The number of halogens is 3. The second kappa shape index (κ2) is 17.9. The molecule has 2 aliphatic carbocycles.